The molecule has 0 aromatic heterocycles. The minimum Gasteiger partial charge on any atom is -0.497 e. The first kappa shape index (κ1) is 9.44. The number of methoxy groups -OCH3 is 1. The van der Waals surface area contributed by atoms with E-state index < -0.39 is 11.8 Å². The predicted octanol–water partition coefficient (Wildman–Crippen LogP) is 3.20. The van der Waals surface area contributed by atoms with Gasteiger partial charge in [0.25, 0.3) is 5.92 Å². The zero-order valence-corrected chi connectivity index (χ0v) is 7.97. The van der Waals surface area contributed by atoms with Gasteiger partial charge < -0.3 is 4.74 Å². The van der Waals surface area contributed by atoms with Crippen LogP contribution in [0.15, 0.2) is 24.3 Å². The molecule has 1 saturated carbocycles. The molecule has 1 fully saturated rings. The summed E-state index contributed by atoms with van der Waals surface area (Å²) in [7, 11) is 1.48. The van der Waals surface area contributed by atoms with Crippen LogP contribution in [0.1, 0.15) is 18.4 Å². The molecule has 14 heavy (non-hydrogen) atoms. The molecule has 0 aliphatic heterocycles. The fourth-order valence-corrected chi connectivity index (χ4v) is 1.51. The molecule has 0 N–H and O–H groups in total. The van der Waals surface area contributed by atoms with Gasteiger partial charge in [-0.2, -0.15) is 0 Å². The summed E-state index contributed by atoms with van der Waals surface area (Å²) in [5.41, 5.74) is 0.0688. The van der Waals surface area contributed by atoms with Gasteiger partial charge >= 0.3 is 0 Å². The molecule has 0 spiro atoms. The molecule has 76 valence electrons. The third-order valence-electron chi connectivity index (χ3n) is 2.54. The molecular formula is C11H12F2O. The van der Waals surface area contributed by atoms with E-state index in [1.54, 1.807) is 12.1 Å². The molecule has 0 bridgehead atoms. The van der Waals surface area contributed by atoms with E-state index in [1.807, 2.05) is 0 Å². The highest BCUT2D eigenvalue weighted by molar-refractivity contribution is 5.32. The van der Waals surface area contributed by atoms with Crippen molar-refractivity contribution in [2.75, 3.05) is 7.11 Å². The second-order valence-electron chi connectivity index (χ2n) is 3.63. The summed E-state index contributed by atoms with van der Waals surface area (Å²) in [4.78, 5) is 0. The van der Waals surface area contributed by atoms with Gasteiger partial charge in [-0.1, -0.05) is 12.1 Å². The largest absolute Gasteiger partial charge is 0.497 e. The second kappa shape index (κ2) is 3.23. The zero-order chi connectivity index (χ0) is 10.2. The molecule has 1 aromatic carbocycles. The van der Waals surface area contributed by atoms with E-state index in [4.69, 9.17) is 4.74 Å². The van der Waals surface area contributed by atoms with Crippen LogP contribution in [0.5, 0.6) is 5.75 Å². The van der Waals surface area contributed by atoms with Gasteiger partial charge in [-0.05, 0) is 25.0 Å². The van der Waals surface area contributed by atoms with Gasteiger partial charge in [0, 0.05) is 11.5 Å². The highest BCUT2D eigenvalue weighted by Gasteiger charge is 2.47. The Morgan fingerprint density at radius 2 is 2.07 bits per heavy atom. The molecule has 0 radical (unpaired) electrons. The zero-order valence-electron chi connectivity index (χ0n) is 7.97. The Balaban J connectivity index is 2.30. The first-order valence-electron chi connectivity index (χ1n) is 4.67. The van der Waals surface area contributed by atoms with Crippen LogP contribution < -0.4 is 4.74 Å². The van der Waals surface area contributed by atoms with Gasteiger partial charge in [0.2, 0.25) is 0 Å². The van der Waals surface area contributed by atoms with Crippen molar-refractivity contribution < 1.29 is 13.5 Å². The first-order valence-corrected chi connectivity index (χ1v) is 4.67. The maximum Gasteiger partial charge on any atom is 0.276 e. The average Bonchev–Trinajstić information content (AvgIpc) is 3.01. The van der Waals surface area contributed by atoms with Crippen LogP contribution in [0.2, 0.25) is 0 Å². The van der Waals surface area contributed by atoms with Gasteiger partial charge in [0.1, 0.15) is 5.75 Å². The molecule has 0 saturated heterocycles. The Bertz CT molecular complexity index is 332. The third-order valence-corrected chi connectivity index (χ3v) is 2.54. The van der Waals surface area contributed by atoms with E-state index in [1.165, 1.54) is 19.2 Å². The van der Waals surface area contributed by atoms with E-state index in [9.17, 15) is 8.78 Å². The van der Waals surface area contributed by atoms with Crippen LogP contribution in [0.3, 0.4) is 0 Å². The van der Waals surface area contributed by atoms with Gasteiger partial charge in [0.15, 0.2) is 0 Å². The minimum atomic E-state index is -2.69. The van der Waals surface area contributed by atoms with Gasteiger partial charge in [-0.3, -0.25) is 0 Å². The molecule has 0 atom stereocenters. The Morgan fingerprint density at radius 1 is 1.36 bits per heavy atom. The molecule has 1 nitrogen and oxygen atoms in total. The Hall–Kier alpha value is -1.12. The average molecular weight is 198 g/mol. The summed E-state index contributed by atoms with van der Waals surface area (Å²) < 4.78 is 32.1. The number of hydrogen-bond acceptors (Lipinski definition) is 1. The van der Waals surface area contributed by atoms with Crippen LogP contribution in [-0.4, -0.2) is 7.11 Å². The molecule has 3 heteroatoms. The van der Waals surface area contributed by atoms with Crippen LogP contribution in [0, 0.1) is 5.92 Å². The maximum absolute atomic E-state index is 13.6. The summed E-state index contributed by atoms with van der Waals surface area (Å²) in [5, 5.41) is 0. The van der Waals surface area contributed by atoms with E-state index in [0.29, 0.717) is 18.6 Å². The smallest absolute Gasteiger partial charge is 0.276 e. The number of hydrogen-bond donors (Lipinski definition) is 0. The molecule has 0 unspecified atom stereocenters. The fraction of sp³-hybridized carbons (Fsp3) is 0.455. The lowest BCUT2D eigenvalue weighted by molar-refractivity contribution is -0.0287. The maximum atomic E-state index is 13.6. The highest BCUT2D eigenvalue weighted by Crippen LogP contribution is 2.49. The molecule has 1 aliphatic carbocycles. The Labute approximate surface area is 81.7 Å². The van der Waals surface area contributed by atoms with Crippen molar-refractivity contribution in [2.45, 2.75) is 18.8 Å². The molecule has 1 aromatic rings. The first-order chi connectivity index (χ1) is 6.64. The van der Waals surface area contributed by atoms with Crippen LogP contribution >= 0.6 is 0 Å². The highest BCUT2D eigenvalue weighted by atomic mass is 19.3. The lowest BCUT2D eigenvalue weighted by Gasteiger charge is -2.16. The quantitative estimate of drug-likeness (QED) is 0.724. The Morgan fingerprint density at radius 3 is 2.64 bits per heavy atom. The summed E-state index contributed by atoms with van der Waals surface area (Å²) in [6.45, 7) is 0. The minimum absolute atomic E-state index is 0.0688. The van der Waals surface area contributed by atoms with Crippen LogP contribution in [-0.2, 0) is 5.92 Å². The van der Waals surface area contributed by atoms with Crippen molar-refractivity contribution in [3.63, 3.8) is 0 Å². The van der Waals surface area contributed by atoms with E-state index >= 15 is 0 Å². The molecular weight excluding hydrogens is 186 g/mol. The van der Waals surface area contributed by atoms with Gasteiger partial charge in [-0.25, -0.2) is 8.78 Å². The monoisotopic (exact) mass is 198 g/mol. The SMILES string of the molecule is COc1cccc(C(F)(F)C2CC2)c1. The van der Waals surface area contributed by atoms with Gasteiger partial charge in [0.05, 0.1) is 7.11 Å². The lowest BCUT2D eigenvalue weighted by atomic mass is 10.0. The Kier molecular flexibility index (Phi) is 2.17. The van der Waals surface area contributed by atoms with E-state index in [2.05, 4.69) is 0 Å². The number of alkyl halides is 2. The summed E-state index contributed by atoms with van der Waals surface area (Å²) in [6, 6.07) is 6.15. The summed E-state index contributed by atoms with van der Waals surface area (Å²) in [5.74, 6) is -2.66. The fourth-order valence-electron chi connectivity index (χ4n) is 1.51. The number of halogens is 2. The van der Waals surface area contributed by atoms with Crippen LogP contribution in [0.25, 0.3) is 0 Å². The molecule has 0 amide bonds. The number of ether oxygens (including phenoxy) is 1. The normalized spacial score (nSPS) is 16.8. The van der Waals surface area contributed by atoms with E-state index in [-0.39, 0.29) is 5.56 Å². The number of rotatable bonds is 3. The summed E-state index contributed by atoms with van der Waals surface area (Å²) >= 11 is 0. The summed E-state index contributed by atoms with van der Waals surface area (Å²) in [6.07, 6.45) is 1.26. The third kappa shape index (κ3) is 1.59. The molecule has 1 aliphatic rings. The van der Waals surface area contributed by atoms with Crippen molar-refractivity contribution in [3.8, 4) is 5.75 Å². The van der Waals surface area contributed by atoms with Crippen molar-refractivity contribution in [1.82, 2.24) is 0 Å². The van der Waals surface area contributed by atoms with Gasteiger partial charge in [-0.15, -0.1) is 0 Å². The van der Waals surface area contributed by atoms with Crippen molar-refractivity contribution in [2.24, 2.45) is 5.92 Å². The van der Waals surface area contributed by atoms with Crippen LogP contribution in [0.4, 0.5) is 8.78 Å². The van der Waals surface area contributed by atoms with E-state index in [0.717, 1.165) is 0 Å². The second-order valence-corrected chi connectivity index (χ2v) is 3.63. The standard InChI is InChI=1S/C11H12F2O/c1-14-10-4-2-3-9(7-10)11(12,13)8-5-6-8/h2-4,7-8H,5-6H2,1H3. The topological polar surface area (TPSA) is 9.23 Å². The van der Waals surface area contributed by atoms with Crippen molar-refractivity contribution in [1.29, 1.82) is 0 Å². The van der Waals surface area contributed by atoms with Crippen molar-refractivity contribution >= 4 is 0 Å². The lowest BCUT2D eigenvalue weighted by Crippen LogP contribution is -2.15. The van der Waals surface area contributed by atoms with Crippen molar-refractivity contribution in [3.05, 3.63) is 29.8 Å². The molecule has 0 heterocycles. The predicted molar refractivity (Wildman–Crippen MR) is 49.6 cm³/mol. The number of benzene rings is 1. The molecule has 2 rings (SSSR count).